The molecular weight excluding hydrogens is 264 g/mol. The molecule has 0 atom stereocenters. The Bertz CT molecular complexity index is 387. The summed E-state index contributed by atoms with van der Waals surface area (Å²) in [5.74, 6) is -0.226. The first-order chi connectivity index (χ1) is 8.51. The molecule has 0 bridgehead atoms. The molecule has 0 saturated heterocycles. The maximum absolute atomic E-state index is 12.3. The van der Waals surface area contributed by atoms with Gasteiger partial charge in [0.25, 0.3) is 6.43 Å². The molecule has 102 valence electrons. The Hall–Kier alpha value is -1.12. The summed E-state index contributed by atoms with van der Waals surface area (Å²) in [6.45, 7) is 1.16. The lowest BCUT2D eigenvalue weighted by atomic mass is 10.4. The number of carbonyl (C=O) groups excluding carboxylic acids is 1. The summed E-state index contributed by atoms with van der Waals surface area (Å²) < 4.78 is 24.6. The Morgan fingerprint density at radius 2 is 2.39 bits per heavy atom. The summed E-state index contributed by atoms with van der Waals surface area (Å²) in [7, 11) is 0. The Kier molecular flexibility index (Phi) is 6.10. The van der Waals surface area contributed by atoms with Crippen molar-refractivity contribution in [3.05, 3.63) is 11.1 Å². The minimum absolute atomic E-state index is 0.164. The van der Waals surface area contributed by atoms with E-state index in [9.17, 15) is 13.6 Å². The van der Waals surface area contributed by atoms with Crippen LogP contribution < -0.4 is 5.32 Å². The normalized spacial score (nSPS) is 11.2. The van der Waals surface area contributed by atoms with E-state index in [1.807, 2.05) is 0 Å². The second-order valence-corrected chi connectivity index (χ2v) is 4.53. The lowest BCUT2D eigenvalue weighted by Crippen LogP contribution is -2.31. The van der Waals surface area contributed by atoms with Crippen molar-refractivity contribution in [2.45, 2.75) is 19.9 Å². The molecule has 0 aliphatic heterocycles. The number of amides is 1. The number of hydrogen-bond acceptors (Lipinski definition) is 5. The first-order valence-electron chi connectivity index (χ1n) is 5.34. The first-order valence-corrected chi connectivity index (χ1v) is 6.22. The fourth-order valence-electron chi connectivity index (χ4n) is 1.39. The molecule has 1 aromatic heterocycles. The number of thiazole rings is 1. The molecule has 0 radical (unpaired) electrons. The van der Waals surface area contributed by atoms with E-state index in [4.69, 9.17) is 5.11 Å². The van der Waals surface area contributed by atoms with Crippen molar-refractivity contribution in [1.82, 2.24) is 9.88 Å². The van der Waals surface area contributed by atoms with Crippen LogP contribution >= 0.6 is 11.3 Å². The van der Waals surface area contributed by atoms with E-state index < -0.39 is 13.0 Å². The monoisotopic (exact) mass is 279 g/mol. The largest absolute Gasteiger partial charge is 0.395 e. The van der Waals surface area contributed by atoms with Crippen LogP contribution in [0.5, 0.6) is 0 Å². The zero-order valence-electron chi connectivity index (χ0n) is 9.90. The lowest BCUT2D eigenvalue weighted by Gasteiger charge is -2.19. The smallest absolute Gasteiger partial charge is 0.251 e. The van der Waals surface area contributed by atoms with Crippen molar-refractivity contribution in [3.63, 3.8) is 0 Å². The number of hydrogen-bond donors (Lipinski definition) is 2. The van der Waals surface area contributed by atoms with Crippen LogP contribution in [-0.4, -0.2) is 47.0 Å². The van der Waals surface area contributed by atoms with Crippen LogP contribution in [0.4, 0.5) is 13.9 Å². The van der Waals surface area contributed by atoms with Gasteiger partial charge in [-0.15, -0.1) is 11.3 Å². The first kappa shape index (κ1) is 14.9. The number of nitrogens with one attached hydrogen (secondary N) is 1. The third kappa shape index (κ3) is 5.48. The van der Waals surface area contributed by atoms with Gasteiger partial charge >= 0.3 is 0 Å². The number of halogens is 2. The minimum Gasteiger partial charge on any atom is -0.395 e. The molecule has 0 fully saturated rings. The number of anilines is 1. The molecule has 1 aromatic rings. The van der Waals surface area contributed by atoms with E-state index in [1.165, 1.54) is 23.2 Å². The number of rotatable bonds is 7. The standard InChI is InChI=1S/C10H15F2N3O2S/c1-7(17)13-10-14-8(6-18-10)4-15(2-3-16)5-9(11)12/h6,9,16H,2-5H2,1H3,(H,13,14,17). The summed E-state index contributed by atoms with van der Waals surface area (Å²) in [5.41, 5.74) is 0.595. The zero-order valence-corrected chi connectivity index (χ0v) is 10.7. The van der Waals surface area contributed by atoms with Crippen molar-refractivity contribution >= 4 is 22.4 Å². The van der Waals surface area contributed by atoms with Crippen LogP contribution in [0.15, 0.2) is 5.38 Å². The molecule has 1 heterocycles. The minimum atomic E-state index is -2.45. The van der Waals surface area contributed by atoms with Gasteiger partial charge in [-0.2, -0.15) is 0 Å². The second kappa shape index (κ2) is 7.34. The van der Waals surface area contributed by atoms with Gasteiger partial charge in [-0.1, -0.05) is 0 Å². The molecule has 1 rings (SSSR count). The van der Waals surface area contributed by atoms with Gasteiger partial charge in [-0.25, -0.2) is 13.8 Å². The fraction of sp³-hybridized carbons (Fsp3) is 0.600. The molecule has 18 heavy (non-hydrogen) atoms. The number of alkyl halides is 2. The maximum Gasteiger partial charge on any atom is 0.251 e. The van der Waals surface area contributed by atoms with Gasteiger partial charge < -0.3 is 10.4 Å². The topological polar surface area (TPSA) is 65.5 Å². The molecule has 2 N–H and O–H groups in total. The summed E-state index contributed by atoms with van der Waals surface area (Å²) in [6.07, 6.45) is -2.45. The van der Waals surface area contributed by atoms with Crippen LogP contribution in [0.2, 0.25) is 0 Å². The predicted octanol–water partition coefficient (Wildman–Crippen LogP) is 1.16. The molecule has 0 aliphatic carbocycles. The molecule has 5 nitrogen and oxygen atoms in total. The maximum atomic E-state index is 12.3. The highest BCUT2D eigenvalue weighted by Gasteiger charge is 2.14. The number of nitrogens with zero attached hydrogens (tertiary/aromatic N) is 2. The summed E-state index contributed by atoms with van der Waals surface area (Å²) in [4.78, 5) is 16.3. The number of aliphatic hydroxyl groups excluding tert-OH is 1. The van der Waals surface area contributed by atoms with E-state index in [2.05, 4.69) is 10.3 Å². The van der Waals surface area contributed by atoms with Crippen LogP contribution in [0, 0.1) is 0 Å². The van der Waals surface area contributed by atoms with Gasteiger partial charge in [-0.3, -0.25) is 9.69 Å². The zero-order chi connectivity index (χ0) is 13.5. The van der Waals surface area contributed by atoms with Gasteiger partial charge in [0.05, 0.1) is 18.8 Å². The van der Waals surface area contributed by atoms with Gasteiger partial charge in [0.1, 0.15) is 0 Å². The SMILES string of the molecule is CC(=O)Nc1nc(CN(CCO)CC(F)F)cs1. The highest BCUT2D eigenvalue weighted by atomic mass is 32.1. The van der Waals surface area contributed by atoms with Gasteiger partial charge in [-0.05, 0) is 0 Å². The number of aromatic nitrogens is 1. The van der Waals surface area contributed by atoms with Crippen LogP contribution in [-0.2, 0) is 11.3 Å². The Morgan fingerprint density at radius 1 is 1.67 bits per heavy atom. The van der Waals surface area contributed by atoms with Crippen molar-refractivity contribution in [3.8, 4) is 0 Å². The molecule has 0 aromatic carbocycles. The van der Waals surface area contributed by atoms with Crippen molar-refractivity contribution in [1.29, 1.82) is 0 Å². The highest BCUT2D eigenvalue weighted by molar-refractivity contribution is 7.13. The van der Waals surface area contributed by atoms with Gasteiger partial charge in [0.2, 0.25) is 5.91 Å². The lowest BCUT2D eigenvalue weighted by molar-refractivity contribution is -0.114. The van der Waals surface area contributed by atoms with E-state index >= 15 is 0 Å². The van der Waals surface area contributed by atoms with E-state index in [1.54, 1.807) is 5.38 Å². The molecule has 0 spiro atoms. The van der Waals surface area contributed by atoms with Crippen LogP contribution in [0.1, 0.15) is 12.6 Å². The van der Waals surface area contributed by atoms with E-state index in [-0.39, 0.29) is 25.6 Å². The summed E-state index contributed by atoms with van der Waals surface area (Å²) in [5, 5.41) is 13.5. The quantitative estimate of drug-likeness (QED) is 0.786. The molecule has 0 saturated carbocycles. The van der Waals surface area contributed by atoms with Crippen molar-refractivity contribution < 1.29 is 18.7 Å². The van der Waals surface area contributed by atoms with E-state index in [0.29, 0.717) is 10.8 Å². The van der Waals surface area contributed by atoms with Crippen molar-refractivity contribution in [2.75, 3.05) is 25.0 Å². The average Bonchev–Trinajstić information content (AvgIpc) is 2.63. The Balaban J connectivity index is 2.57. The Labute approximate surface area is 107 Å². The van der Waals surface area contributed by atoms with Gasteiger partial charge in [0.15, 0.2) is 5.13 Å². The Morgan fingerprint density at radius 3 is 2.94 bits per heavy atom. The summed E-state index contributed by atoms with van der Waals surface area (Å²) >= 11 is 1.24. The highest BCUT2D eigenvalue weighted by Crippen LogP contribution is 2.17. The van der Waals surface area contributed by atoms with Crippen molar-refractivity contribution in [2.24, 2.45) is 0 Å². The third-order valence-electron chi connectivity index (χ3n) is 2.03. The molecule has 0 unspecified atom stereocenters. The summed E-state index contributed by atoms with van der Waals surface area (Å²) in [6, 6.07) is 0. The molecule has 8 heteroatoms. The number of aliphatic hydroxyl groups is 1. The molecule has 1 amide bonds. The second-order valence-electron chi connectivity index (χ2n) is 3.67. The van der Waals surface area contributed by atoms with E-state index in [0.717, 1.165) is 0 Å². The fourth-order valence-corrected chi connectivity index (χ4v) is 2.14. The van der Waals surface area contributed by atoms with Gasteiger partial charge in [0, 0.05) is 25.4 Å². The average molecular weight is 279 g/mol. The third-order valence-corrected chi connectivity index (χ3v) is 2.84. The molecule has 0 aliphatic rings. The molecular formula is C10H15F2N3O2S. The van der Waals surface area contributed by atoms with Crippen LogP contribution in [0.25, 0.3) is 0 Å². The van der Waals surface area contributed by atoms with Crippen LogP contribution in [0.3, 0.4) is 0 Å². The number of carbonyl (C=O) groups is 1. The predicted molar refractivity (Wildman–Crippen MR) is 64.8 cm³/mol.